The predicted molar refractivity (Wildman–Crippen MR) is 85.2 cm³/mol. The van der Waals surface area contributed by atoms with E-state index in [0.29, 0.717) is 5.56 Å². The highest BCUT2D eigenvalue weighted by atomic mass is 19.4. The Bertz CT molecular complexity index is 765. The van der Waals surface area contributed by atoms with Gasteiger partial charge in [0.2, 0.25) is 0 Å². The quantitative estimate of drug-likeness (QED) is 0.864. The molecule has 0 saturated carbocycles. The maximum atomic E-state index is 12.9. The van der Waals surface area contributed by atoms with E-state index in [0.717, 1.165) is 12.1 Å². The molecule has 1 saturated heterocycles. The first kappa shape index (κ1) is 18.5. The number of hydrogen-bond acceptors (Lipinski definition) is 4. The maximum absolute atomic E-state index is 12.9. The average Bonchev–Trinajstić information content (AvgIpc) is 3.10. The molecule has 0 bridgehead atoms. The fraction of sp³-hybridized carbons (Fsp3) is 0.389. The summed E-state index contributed by atoms with van der Waals surface area (Å²) in [5, 5.41) is 20.3. The second kappa shape index (κ2) is 6.77. The number of halogens is 3. The average molecular weight is 369 g/mol. The largest absolute Gasteiger partial charge is 0.480 e. The maximum Gasteiger partial charge on any atom is 0.416 e. The second-order valence-corrected chi connectivity index (χ2v) is 6.44. The van der Waals surface area contributed by atoms with E-state index in [-0.39, 0.29) is 31.5 Å². The number of aliphatic carboxylic acids is 1. The molecule has 2 aromatic rings. The van der Waals surface area contributed by atoms with E-state index in [1.807, 2.05) is 0 Å². The Hall–Kier alpha value is -2.32. The molecule has 0 amide bonds. The molecular weight excluding hydrogens is 351 g/mol. The van der Waals surface area contributed by atoms with E-state index in [1.165, 1.54) is 24.7 Å². The molecular formula is C18H18F3NO4. The van der Waals surface area contributed by atoms with Gasteiger partial charge in [0.1, 0.15) is 6.04 Å². The smallest absolute Gasteiger partial charge is 0.416 e. The van der Waals surface area contributed by atoms with Crippen molar-refractivity contribution in [3.05, 3.63) is 59.5 Å². The molecule has 0 aliphatic carbocycles. The molecule has 1 aromatic carbocycles. The first-order valence-electron chi connectivity index (χ1n) is 8.10. The van der Waals surface area contributed by atoms with Gasteiger partial charge in [0.25, 0.3) is 0 Å². The first-order chi connectivity index (χ1) is 12.2. The van der Waals surface area contributed by atoms with Gasteiger partial charge in [0, 0.05) is 18.7 Å². The third kappa shape index (κ3) is 3.61. The highest BCUT2D eigenvalue weighted by molar-refractivity contribution is 5.75. The summed E-state index contributed by atoms with van der Waals surface area (Å²) < 4.78 is 43.7. The van der Waals surface area contributed by atoms with Crippen molar-refractivity contribution in [3.8, 4) is 0 Å². The summed E-state index contributed by atoms with van der Waals surface area (Å²) in [7, 11) is 0. The normalized spacial score (nSPS) is 19.2. The number of carboxylic acids is 1. The van der Waals surface area contributed by atoms with Gasteiger partial charge < -0.3 is 14.6 Å². The van der Waals surface area contributed by atoms with Crippen molar-refractivity contribution in [2.24, 2.45) is 0 Å². The molecule has 0 radical (unpaired) electrons. The summed E-state index contributed by atoms with van der Waals surface area (Å²) in [5.74, 6) is -1.05. The Morgan fingerprint density at radius 2 is 1.92 bits per heavy atom. The molecule has 1 aliphatic rings. The third-order valence-corrected chi connectivity index (χ3v) is 4.81. The van der Waals surface area contributed by atoms with Crippen LogP contribution in [0.4, 0.5) is 13.2 Å². The predicted octanol–water partition coefficient (Wildman–Crippen LogP) is 3.41. The van der Waals surface area contributed by atoms with Gasteiger partial charge in [0.15, 0.2) is 0 Å². The van der Waals surface area contributed by atoms with Crippen LogP contribution in [0.15, 0.2) is 47.3 Å². The molecule has 140 valence electrons. The molecule has 3 rings (SSSR count). The Kier molecular flexibility index (Phi) is 4.81. The van der Waals surface area contributed by atoms with Crippen LogP contribution in [0.3, 0.4) is 0 Å². The van der Waals surface area contributed by atoms with E-state index in [1.54, 1.807) is 11.0 Å². The van der Waals surface area contributed by atoms with Crippen molar-refractivity contribution in [2.75, 3.05) is 13.1 Å². The standard InChI is InChI=1S/C18H18F3NO4/c19-18(20,21)14-3-1-2-13(10-14)17(25)5-7-22(8-6-17)15(16(23)24)12-4-9-26-11-12/h1-4,9-11,15,25H,5-8H2,(H,23,24)/t15-/m1/s1. The topological polar surface area (TPSA) is 73.9 Å². The Labute approximate surface area is 147 Å². The van der Waals surface area contributed by atoms with Crippen molar-refractivity contribution in [2.45, 2.75) is 30.7 Å². The van der Waals surface area contributed by atoms with Gasteiger partial charge in [-0.15, -0.1) is 0 Å². The summed E-state index contributed by atoms with van der Waals surface area (Å²) in [6.07, 6.45) is -1.48. The van der Waals surface area contributed by atoms with Crippen molar-refractivity contribution >= 4 is 5.97 Å². The van der Waals surface area contributed by atoms with Gasteiger partial charge in [-0.2, -0.15) is 13.2 Å². The molecule has 8 heteroatoms. The van der Waals surface area contributed by atoms with Crippen LogP contribution in [-0.2, 0) is 16.6 Å². The lowest BCUT2D eigenvalue weighted by atomic mass is 9.83. The van der Waals surface area contributed by atoms with E-state index < -0.39 is 29.4 Å². The molecule has 0 unspecified atom stereocenters. The Morgan fingerprint density at radius 3 is 2.46 bits per heavy atom. The number of rotatable bonds is 4. The summed E-state index contributed by atoms with van der Waals surface area (Å²) in [4.78, 5) is 13.3. The van der Waals surface area contributed by atoms with Crippen LogP contribution >= 0.6 is 0 Å². The van der Waals surface area contributed by atoms with Crippen LogP contribution in [0.2, 0.25) is 0 Å². The van der Waals surface area contributed by atoms with Gasteiger partial charge in [-0.25, -0.2) is 0 Å². The summed E-state index contributed by atoms with van der Waals surface area (Å²) in [6, 6.07) is 5.30. The zero-order chi connectivity index (χ0) is 18.9. The number of carbonyl (C=O) groups is 1. The number of piperidine rings is 1. The number of hydrogen-bond donors (Lipinski definition) is 2. The van der Waals surface area contributed by atoms with Crippen molar-refractivity contribution in [3.63, 3.8) is 0 Å². The van der Waals surface area contributed by atoms with Gasteiger partial charge in [-0.3, -0.25) is 9.69 Å². The molecule has 1 aromatic heterocycles. The fourth-order valence-corrected chi connectivity index (χ4v) is 3.37. The van der Waals surface area contributed by atoms with Crippen LogP contribution in [-0.4, -0.2) is 34.2 Å². The van der Waals surface area contributed by atoms with E-state index in [2.05, 4.69) is 0 Å². The van der Waals surface area contributed by atoms with Crippen LogP contribution in [0, 0.1) is 0 Å². The Balaban J connectivity index is 1.78. The summed E-state index contributed by atoms with van der Waals surface area (Å²) in [6.45, 7) is 0.462. The number of carboxylic acid groups (broad SMARTS) is 1. The minimum atomic E-state index is -4.48. The summed E-state index contributed by atoms with van der Waals surface area (Å²) in [5.41, 5.74) is -1.55. The lowest BCUT2D eigenvalue weighted by Crippen LogP contribution is -2.45. The molecule has 0 spiro atoms. The van der Waals surface area contributed by atoms with Crippen LogP contribution in [0.25, 0.3) is 0 Å². The first-order valence-corrected chi connectivity index (χ1v) is 8.10. The molecule has 2 N–H and O–H groups in total. The van der Waals surface area contributed by atoms with Gasteiger partial charge in [-0.05, 0) is 36.6 Å². The molecule has 2 heterocycles. The highest BCUT2D eigenvalue weighted by Crippen LogP contribution is 2.38. The van der Waals surface area contributed by atoms with Crippen LogP contribution in [0.5, 0.6) is 0 Å². The van der Waals surface area contributed by atoms with E-state index >= 15 is 0 Å². The van der Waals surface area contributed by atoms with Crippen LogP contribution in [0.1, 0.15) is 35.6 Å². The van der Waals surface area contributed by atoms with Crippen LogP contribution < -0.4 is 0 Å². The number of furan rings is 1. The number of aliphatic hydroxyl groups is 1. The zero-order valence-electron chi connectivity index (χ0n) is 13.7. The second-order valence-electron chi connectivity index (χ2n) is 6.44. The summed E-state index contributed by atoms with van der Waals surface area (Å²) >= 11 is 0. The molecule has 5 nitrogen and oxygen atoms in total. The molecule has 1 fully saturated rings. The van der Waals surface area contributed by atoms with Gasteiger partial charge in [-0.1, -0.05) is 12.1 Å². The highest BCUT2D eigenvalue weighted by Gasteiger charge is 2.40. The lowest BCUT2D eigenvalue weighted by Gasteiger charge is -2.40. The molecule has 26 heavy (non-hydrogen) atoms. The SMILES string of the molecule is O=C(O)[C@@H](c1ccoc1)N1CCC(O)(c2cccc(C(F)(F)F)c2)CC1. The van der Waals surface area contributed by atoms with E-state index in [4.69, 9.17) is 4.42 Å². The zero-order valence-corrected chi connectivity index (χ0v) is 13.7. The molecule has 1 atom stereocenters. The van der Waals surface area contributed by atoms with E-state index in [9.17, 15) is 28.2 Å². The minimum Gasteiger partial charge on any atom is -0.480 e. The number of alkyl halides is 3. The van der Waals surface area contributed by atoms with Gasteiger partial charge in [0.05, 0.1) is 23.7 Å². The van der Waals surface area contributed by atoms with Crippen molar-refractivity contribution < 1.29 is 32.6 Å². The third-order valence-electron chi connectivity index (χ3n) is 4.81. The van der Waals surface area contributed by atoms with Gasteiger partial charge >= 0.3 is 12.1 Å². The van der Waals surface area contributed by atoms with Crippen molar-refractivity contribution in [1.82, 2.24) is 4.90 Å². The number of likely N-dealkylation sites (tertiary alicyclic amines) is 1. The molecule has 1 aliphatic heterocycles. The fourth-order valence-electron chi connectivity index (χ4n) is 3.37. The Morgan fingerprint density at radius 1 is 1.23 bits per heavy atom. The monoisotopic (exact) mass is 369 g/mol. The number of nitrogens with zero attached hydrogens (tertiary/aromatic N) is 1. The number of benzene rings is 1. The van der Waals surface area contributed by atoms with Crippen molar-refractivity contribution in [1.29, 1.82) is 0 Å². The lowest BCUT2D eigenvalue weighted by molar-refractivity contribution is -0.146. The minimum absolute atomic E-state index is 0.135.